The molecule has 0 spiro atoms. The summed E-state index contributed by atoms with van der Waals surface area (Å²) in [6.45, 7) is 2.33. The van der Waals surface area contributed by atoms with E-state index in [1.165, 1.54) is 11.3 Å². The highest BCUT2D eigenvalue weighted by Gasteiger charge is 2.33. The molecule has 7 heteroatoms. The topological polar surface area (TPSA) is 78.7 Å². The summed E-state index contributed by atoms with van der Waals surface area (Å²) in [6.07, 6.45) is 0. The molecule has 0 aliphatic carbocycles. The average Bonchev–Trinajstić information content (AvgIpc) is 3.37. The molecule has 2 N–H and O–H groups in total. The lowest BCUT2D eigenvalue weighted by Crippen LogP contribution is -2.29. The van der Waals surface area contributed by atoms with Crippen LogP contribution in [-0.2, 0) is 0 Å². The Morgan fingerprint density at radius 1 is 1.13 bits per heavy atom. The van der Waals surface area contributed by atoms with Crippen molar-refractivity contribution in [2.75, 3.05) is 20.8 Å². The van der Waals surface area contributed by atoms with Gasteiger partial charge in [-0.3, -0.25) is 5.41 Å². The van der Waals surface area contributed by atoms with Gasteiger partial charge in [-0.2, -0.15) is 0 Å². The number of thiazole rings is 1. The number of nitrogens with one attached hydrogen (secondary N) is 1. The molecule has 0 bridgehead atoms. The number of amidine groups is 1. The predicted octanol–water partition coefficient (Wildman–Crippen LogP) is 5.15. The molecule has 1 aromatic heterocycles. The number of benzene rings is 2. The van der Waals surface area contributed by atoms with E-state index < -0.39 is 0 Å². The van der Waals surface area contributed by atoms with Crippen molar-refractivity contribution in [3.8, 4) is 22.8 Å². The number of aliphatic hydroxyl groups excluding tert-OH is 1. The van der Waals surface area contributed by atoms with Crippen molar-refractivity contribution in [3.63, 3.8) is 0 Å². The Balaban J connectivity index is 1.64. The summed E-state index contributed by atoms with van der Waals surface area (Å²) in [5.74, 6) is 1.84. The fourth-order valence-electron chi connectivity index (χ4n) is 3.59. The highest BCUT2D eigenvalue weighted by Crippen LogP contribution is 2.38. The van der Waals surface area contributed by atoms with Crippen LogP contribution in [0.15, 0.2) is 59.7 Å². The Morgan fingerprint density at radius 3 is 2.60 bits per heavy atom. The van der Waals surface area contributed by atoms with Gasteiger partial charge < -0.3 is 19.5 Å². The van der Waals surface area contributed by atoms with E-state index >= 15 is 0 Å². The minimum absolute atomic E-state index is 0.0312. The third-order valence-corrected chi connectivity index (χ3v) is 6.14. The molecule has 1 unspecified atom stereocenters. The molecular weight excluding hydrogens is 398 g/mol. The maximum absolute atomic E-state index is 10.7. The van der Waals surface area contributed by atoms with Crippen molar-refractivity contribution < 1.29 is 14.6 Å². The lowest BCUT2D eigenvalue weighted by Gasteiger charge is -2.26. The van der Waals surface area contributed by atoms with Gasteiger partial charge in [-0.15, -0.1) is 11.3 Å². The van der Waals surface area contributed by atoms with Crippen molar-refractivity contribution in [2.45, 2.75) is 13.0 Å². The number of hydrogen-bond acceptors (Lipinski definition) is 6. The zero-order valence-electron chi connectivity index (χ0n) is 17.0. The lowest BCUT2D eigenvalue weighted by molar-refractivity contribution is 0.310. The van der Waals surface area contributed by atoms with Gasteiger partial charge in [-0.25, -0.2) is 4.98 Å². The SMILES string of the molecule is COc1ccc(OC)c(-c2csc(C3=C(O)CN(C(C)c4ccccc4)C3=N)n2)c1. The van der Waals surface area contributed by atoms with Crippen molar-refractivity contribution in [3.05, 3.63) is 70.2 Å². The summed E-state index contributed by atoms with van der Waals surface area (Å²) < 4.78 is 10.8. The first-order valence-electron chi connectivity index (χ1n) is 9.54. The number of hydrogen-bond donors (Lipinski definition) is 2. The second-order valence-corrected chi connectivity index (χ2v) is 7.85. The third-order valence-electron chi connectivity index (χ3n) is 5.28. The molecule has 30 heavy (non-hydrogen) atoms. The number of aromatic nitrogens is 1. The van der Waals surface area contributed by atoms with Crippen LogP contribution in [0.4, 0.5) is 0 Å². The van der Waals surface area contributed by atoms with E-state index in [0.717, 1.165) is 11.1 Å². The highest BCUT2D eigenvalue weighted by molar-refractivity contribution is 7.11. The van der Waals surface area contributed by atoms with Gasteiger partial charge in [0.15, 0.2) is 0 Å². The number of aliphatic hydroxyl groups is 1. The van der Waals surface area contributed by atoms with Crippen LogP contribution in [0.3, 0.4) is 0 Å². The van der Waals surface area contributed by atoms with E-state index in [1.807, 2.05) is 65.7 Å². The molecule has 154 valence electrons. The van der Waals surface area contributed by atoms with Gasteiger partial charge in [0.05, 0.1) is 38.1 Å². The van der Waals surface area contributed by atoms with E-state index in [4.69, 9.17) is 19.9 Å². The van der Waals surface area contributed by atoms with Gasteiger partial charge in [0, 0.05) is 10.9 Å². The molecule has 2 heterocycles. The molecule has 0 amide bonds. The molecule has 0 saturated carbocycles. The van der Waals surface area contributed by atoms with Crippen molar-refractivity contribution in [2.24, 2.45) is 0 Å². The number of nitrogens with zero attached hydrogens (tertiary/aromatic N) is 2. The van der Waals surface area contributed by atoms with Gasteiger partial charge >= 0.3 is 0 Å². The molecule has 4 rings (SSSR count). The van der Waals surface area contributed by atoms with Crippen LogP contribution in [-0.4, -0.2) is 41.6 Å². The molecule has 1 aliphatic heterocycles. The zero-order valence-corrected chi connectivity index (χ0v) is 17.9. The van der Waals surface area contributed by atoms with Crippen LogP contribution < -0.4 is 9.47 Å². The van der Waals surface area contributed by atoms with Gasteiger partial charge in [0.1, 0.15) is 28.1 Å². The third kappa shape index (κ3) is 3.52. The van der Waals surface area contributed by atoms with Crippen LogP contribution in [0.25, 0.3) is 16.8 Å². The number of methoxy groups -OCH3 is 2. The molecular formula is C23H23N3O3S. The molecule has 0 fully saturated rings. The summed E-state index contributed by atoms with van der Waals surface area (Å²) in [7, 11) is 3.23. The standard InChI is InChI=1S/C23H23N3O3S/c1-14(15-7-5-4-6-8-15)26-12-19(27)21(22(26)24)23-25-18(13-30-23)17-11-16(28-2)9-10-20(17)29-3/h4-11,13-14,24,27H,12H2,1-3H3. The summed E-state index contributed by atoms with van der Waals surface area (Å²) in [5.41, 5.74) is 3.10. The molecule has 1 aliphatic rings. The van der Waals surface area contributed by atoms with Gasteiger partial charge in [0.2, 0.25) is 0 Å². The van der Waals surface area contributed by atoms with E-state index in [1.54, 1.807) is 14.2 Å². The Kier molecular flexibility index (Phi) is 5.46. The van der Waals surface area contributed by atoms with Crippen LogP contribution in [0.1, 0.15) is 23.5 Å². The van der Waals surface area contributed by atoms with E-state index in [9.17, 15) is 5.11 Å². The minimum atomic E-state index is -0.0312. The summed E-state index contributed by atoms with van der Waals surface area (Å²) in [4.78, 5) is 6.59. The molecule has 0 radical (unpaired) electrons. The first-order chi connectivity index (χ1) is 14.5. The van der Waals surface area contributed by atoms with Gasteiger partial charge in [-0.05, 0) is 30.7 Å². The average molecular weight is 422 g/mol. The van der Waals surface area contributed by atoms with Crippen LogP contribution >= 0.6 is 11.3 Å². The first kappa shape index (κ1) is 20.0. The molecule has 6 nitrogen and oxygen atoms in total. The maximum Gasteiger partial charge on any atom is 0.135 e. The largest absolute Gasteiger partial charge is 0.510 e. The van der Waals surface area contributed by atoms with Crippen LogP contribution in [0.2, 0.25) is 0 Å². The first-order valence-corrected chi connectivity index (χ1v) is 10.4. The summed E-state index contributed by atoms with van der Waals surface area (Å²) in [5, 5.41) is 21.9. The highest BCUT2D eigenvalue weighted by atomic mass is 32.1. The molecule has 2 aromatic carbocycles. The van der Waals surface area contributed by atoms with Crippen molar-refractivity contribution in [1.82, 2.24) is 9.88 Å². The fourth-order valence-corrected chi connectivity index (χ4v) is 4.48. The smallest absolute Gasteiger partial charge is 0.135 e. The number of rotatable bonds is 6. The quantitative estimate of drug-likeness (QED) is 0.575. The zero-order chi connectivity index (χ0) is 21.3. The lowest BCUT2D eigenvalue weighted by atomic mass is 10.1. The second kappa shape index (κ2) is 8.20. The predicted molar refractivity (Wildman–Crippen MR) is 119 cm³/mol. The van der Waals surface area contributed by atoms with Crippen LogP contribution in [0, 0.1) is 5.41 Å². The normalized spacial score (nSPS) is 14.9. The van der Waals surface area contributed by atoms with Gasteiger partial charge in [-0.1, -0.05) is 30.3 Å². The Labute approximate surface area is 179 Å². The summed E-state index contributed by atoms with van der Waals surface area (Å²) in [6, 6.07) is 15.5. The molecule has 3 aromatic rings. The summed E-state index contributed by atoms with van der Waals surface area (Å²) >= 11 is 1.40. The Bertz CT molecular complexity index is 1110. The maximum atomic E-state index is 10.7. The van der Waals surface area contributed by atoms with E-state index in [0.29, 0.717) is 34.3 Å². The van der Waals surface area contributed by atoms with Crippen molar-refractivity contribution >= 4 is 22.7 Å². The number of ether oxygens (including phenoxy) is 2. The second-order valence-electron chi connectivity index (χ2n) is 6.99. The van der Waals surface area contributed by atoms with Gasteiger partial charge in [0.25, 0.3) is 0 Å². The fraction of sp³-hybridized carbons (Fsp3) is 0.217. The van der Waals surface area contributed by atoms with E-state index in [2.05, 4.69) is 0 Å². The Hall–Kier alpha value is -3.32. The van der Waals surface area contributed by atoms with E-state index in [-0.39, 0.29) is 17.6 Å². The minimum Gasteiger partial charge on any atom is -0.510 e. The molecule has 1 atom stereocenters. The van der Waals surface area contributed by atoms with Crippen LogP contribution in [0.5, 0.6) is 11.5 Å². The Morgan fingerprint density at radius 2 is 1.90 bits per heavy atom. The monoisotopic (exact) mass is 421 g/mol. The molecule has 0 saturated heterocycles. The van der Waals surface area contributed by atoms with Crippen molar-refractivity contribution in [1.29, 1.82) is 5.41 Å².